The van der Waals surface area contributed by atoms with Gasteiger partial charge in [0.1, 0.15) is 0 Å². The van der Waals surface area contributed by atoms with Crippen LogP contribution in [0.5, 0.6) is 0 Å². The quantitative estimate of drug-likeness (QED) is 0.0472. The van der Waals surface area contributed by atoms with Crippen molar-refractivity contribution in [1.29, 1.82) is 0 Å². The number of aryl methyl sites for hydroxylation is 3. The van der Waals surface area contributed by atoms with Gasteiger partial charge in [0, 0.05) is 187 Å². The van der Waals surface area contributed by atoms with Crippen molar-refractivity contribution in [3.8, 4) is 47.4 Å². The highest BCUT2D eigenvalue weighted by molar-refractivity contribution is 7.89. The molecule has 0 aliphatic carbocycles. The summed E-state index contributed by atoms with van der Waals surface area (Å²) in [5.41, 5.74) is 17.2. The number of benzene rings is 11. The molecule has 12 atom stereocenters. The summed E-state index contributed by atoms with van der Waals surface area (Å²) in [4.78, 5) is 55.0. The first kappa shape index (κ1) is 100. The summed E-state index contributed by atoms with van der Waals surface area (Å²) in [5, 5.41) is 58.8. The van der Waals surface area contributed by atoms with Crippen molar-refractivity contribution in [2.75, 3.05) is 128 Å². The molecule has 8 aliphatic rings. The van der Waals surface area contributed by atoms with Gasteiger partial charge in [-0.05, 0) is 254 Å². The number of sulfonamides is 1. The van der Waals surface area contributed by atoms with Crippen LogP contribution in [0.4, 0.5) is 31.4 Å². The molecule has 8 aliphatic heterocycles. The largest absolute Gasteiger partial charge is 0.395 e. The van der Waals surface area contributed by atoms with E-state index in [1.54, 1.807) is 16.4 Å². The standard InChI is InChI=1S/2C31H33N3O2.C30H31N3O2.C26H32N2O4S/c2*1-23-9-17-27(18-10-23)32-31(36)33-19-5-6-20-34-28(21-33)30(29(34)22-35)26-15-13-25(14-16-26)12-11-24-7-3-2-4-8-24;34-22-28-29(25-17-15-24(16-18-25)14-13-23-9-3-1-4-10-23)27-21-32(19-7-8-20-33(27)28)30(35)31-26-11-5-2-6-12-26;1-20-7-13-23(14-8-20)33(31,32)27-15-3-4-16-28-24(18-27)26(25(28)19-30)22-11-9-21(10-12-22)6-2-5-17-29/h2*2-4,7-10,13-18,28-30,35H,5-6,19-22H2,1H3,(H,32,36);1-6,9-12,15-18,27-29,34H,7-8,19-22H2,(H,31,35);7-14,24-26,29-30H,3-5,15-19H2,1H3/t28-,29+,30+;28-,29-,30+;27-,28+,29+;24-,25-,26-/m0000/s1. The van der Waals surface area contributed by atoms with E-state index in [0.717, 1.165) is 164 Å². The van der Waals surface area contributed by atoms with Gasteiger partial charge in [-0.25, -0.2) is 22.8 Å². The number of aliphatic hydroxyl groups excluding tert-OH is 5. The first-order chi connectivity index (χ1) is 68.4. The molecule has 0 unspecified atom stereocenters. The van der Waals surface area contributed by atoms with Gasteiger partial charge < -0.3 is 56.2 Å². The number of fused-ring (bicyclic) bond motifs is 4. The Morgan fingerprint density at radius 2 is 0.543 bits per heavy atom. The maximum Gasteiger partial charge on any atom is 0.321 e. The fraction of sp³-hybridized carbons (Fsp3) is 0.347. The van der Waals surface area contributed by atoms with Crippen molar-refractivity contribution >= 4 is 45.2 Å². The second-order valence-corrected chi connectivity index (χ2v) is 39.6. The van der Waals surface area contributed by atoms with Gasteiger partial charge in [0.15, 0.2) is 0 Å². The summed E-state index contributed by atoms with van der Waals surface area (Å²) in [5.74, 6) is 25.9. The molecule has 21 nitrogen and oxygen atoms in total. The topological polar surface area (TPSA) is 249 Å². The molecule has 8 fully saturated rings. The van der Waals surface area contributed by atoms with Crippen LogP contribution in [0.1, 0.15) is 159 Å². The Kier molecular flexibility index (Phi) is 34.8. The van der Waals surface area contributed by atoms with Crippen LogP contribution in [0, 0.1) is 68.1 Å². The van der Waals surface area contributed by atoms with E-state index in [9.17, 15) is 43.2 Å². The van der Waals surface area contributed by atoms with Gasteiger partial charge in [0.05, 0.1) is 37.9 Å². The number of nitrogens with one attached hydrogen (secondary N) is 3. The minimum atomic E-state index is -3.58. The second-order valence-electron chi connectivity index (χ2n) is 37.7. The summed E-state index contributed by atoms with van der Waals surface area (Å²) < 4.78 is 28.5. The number of amides is 6. The van der Waals surface area contributed by atoms with Gasteiger partial charge in [0.25, 0.3) is 0 Å². The molecule has 22 heteroatoms. The molecular formula is C118H129N11O10S. The lowest BCUT2D eigenvalue weighted by Crippen LogP contribution is -2.68. The Balaban J connectivity index is 0.000000135. The molecule has 0 aromatic heterocycles. The van der Waals surface area contributed by atoms with Crippen LogP contribution in [0.15, 0.2) is 296 Å². The number of urea groups is 3. The zero-order valence-electron chi connectivity index (χ0n) is 80.3. The monoisotopic (exact) mass is 1890 g/mol. The fourth-order valence-corrected chi connectivity index (χ4v) is 22.6. The highest BCUT2D eigenvalue weighted by atomic mass is 32.2. The molecular weight excluding hydrogens is 1760 g/mol. The van der Waals surface area contributed by atoms with Crippen molar-refractivity contribution in [1.82, 2.24) is 38.6 Å². The van der Waals surface area contributed by atoms with Crippen LogP contribution < -0.4 is 16.0 Å². The lowest BCUT2D eigenvalue weighted by Gasteiger charge is -2.57. The number of nitrogens with zero attached hydrogens (tertiary/aromatic N) is 8. The van der Waals surface area contributed by atoms with Gasteiger partial charge in [-0.15, -0.1) is 0 Å². The van der Waals surface area contributed by atoms with Gasteiger partial charge in [-0.1, -0.05) is 222 Å². The average molecular weight is 1890 g/mol. The average Bonchev–Trinajstić information content (AvgIpc) is 0.759. The Hall–Kier alpha value is -13.0. The molecule has 0 radical (unpaired) electrons. The molecule has 722 valence electrons. The van der Waals surface area contributed by atoms with Gasteiger partial charge in [-0.3, -0.25) is 19.6 Å². The second kappa shape index (κ2) is 48.7. The lowest BCUT2D eigenvalue weighted by molar-refractivity contribution is -0.0585. The summed E-state index contributed by atoms with van der Waals surface area (Å²) in [6.07, 6.45) is 8.08. The third-order valence-electron chi connectivity index (χ3n) is 28.6. The lowest BCUT2D eigenvalue weighted by atomic mass is 9.74. The maximum atomic E-state index is 13.4. The number of hydrogen-bond acceptors (Lipinski definition) is 14. The highest BCUT2D eigenvalue weighted by Crippen LogP contribution is 2.47. The number of rotatable bonds is 14. The van der Waals surface area contributed by atoms with Crippen LogP contribution in [-0.4, -0.2) is 251 Å². The third-order valence-corrected chi connectivity index (χ3v) is 30.5. The molecule has 140 heavy (non-hydrogen) atoms. The number of hydrogen-bond donors (Lipinski definition) is 8. The van der Waals surface area contributed by atoms with Crippen LogP contribution in [0.2, 0.25) is 0 Å². The zero-order valence-corrected chi connectivity index (χ0v) is 81.1. The molecule has 0 saturated carbocycles. The van der Waals surface area contributed by atoms with E-state index < -0.39 is 10.0 Å². The van der Waals surface area contributed by atoms with Crippen LogP contribution >= 0.6 is 0 Å². The van der Waals surface area contributed by atoms with Crippen LogP contribution in [-0.2, 0) is 10.0 Å². The van der Waals surface area contributed by atoms with Crippen LogP contribution in [0.25, 0.3) is 0 Å². The van der Waals surface area contributed by atoms with E-state index in [1.165, 1.54) is 27.8 Å². The number of anilines is 3. The summed E-state index contributed by atoms with van der Waals surface area (Å²) >= 11 is 0. The Bertz CT molecular complexity index is 6090. The molecule has 11 aromatic rings. The molecule has 0 spiro atoms. The van der Waals surface area contributed by atoms with Gasteiger partial charge in [0.2, 0.25) is 10.0 Å². The molecule has 6 amide bonds. The fourth-order valence-electron chi connectivity index (χ4n) is 21.1. The maximum absolute atomic E-state index is 13.4. The van der Waals surface area contributed by atoms with Crippen molar-refractivity contribution in [2.24, 2.45) is 0 Å². The van der Waals surface area contributed by atoms with E-state index in [0.29, 0.717) is 44.0 Å². The third kappa shape index (κ3) is 25.1. The number of carbonyl (C=O) groups is 3. The molecule has 0 bridgehead atoms. The van der Waals surface area contributed by atoms with Crippen molar-refractivity contribution < 1.29 is 48.3 Å². The molecule has 8 heterocycles. The summed E-state index contributed by atoms with van der Waals surface area (Å²) in [6, 6.07) is 96.2. The molecule has 19 rings (SSSR count). The van der Waals surface area contributed by atoms with Gasteiger partial charge in [-0.2, -0.15) is 4.31 Å². The first-order valence-corrected chi connectivity index (χ1v) is 51.0. The number of aliphatic hydroxyl groups is 5. The van der Waals surface area contributed by atoms with E-state index in [4.69, 9.17) is 5.11 Å². The van der Waals surface area contributed by atoms with Crippen molar-refractivity contribution in [3.05, 3.63) is 369 Å². The van der Waals surface area contributed by atoms with Gasteiger partial charge >= 0.3 is 18.1 Å². The summed E-state index contributed by atoms with van der Waals surface area (Å²) in [7, 11) is -3.58. The predicted molar refractivity (Wildman–Crippen MR) is 555 cm³/mol. The van der Waals surface area contributed by atoms with Crippen molar-refractivity contribution in [2.45, 2.75) is 155 Å². The van der Waals surface area contributed by atoms with Crippen molar-refractivity contribution in [3.63, 3.8) is 0 Å². The highest BCUT2D eigenvalue weighted by Gasteiger charge is 2.54. The minimum absolute atomic E-state index is 0.0108. The smallest absolute Gasteiger partial charge is 0.321 e. The Morgan fingerprint density at radius 1 is 0.293 bits per heavy atom. The SMILES string of the molecule is Cc1ccc(NC(=O)N2CCCCN3[C@@H](CO)[C@H](c4ccc(C#Cc5ccccc5)cc4)[C@@H]3C2)cc1.Cc1ccc(NC(=O)N2CCCCN3[C@H](CO)[C@H](c4ccc(C#Cc5ccccc5)cc4)[C@@H]3C2)cc1.Cc1ccc(S(=O)(=O)N2CCCCN3[C@@H](CO)[C@@H](c4ccc(C#CCCO)cc4)[C@@H]3C2)cc1.O=C(Nc1ccccc1)N1CCCCN2[C@H](CO)[C@H](c3ccc(C#Cc4ccccc4)cc3)[C@@H]2C1. The first-order valence-electron chi connectivity index (χ1n) is 49.5. The Labute approximate surface area is 826 Å². The zero-order chi connectivity index (χ0) is 97.3. The number of carbonyl (C=O) groups excluding carboxylic acids is 3. The van der Waals surface area contributed by atoms with E-state index in [2.05, 4.69) is 156 Å². The van der Waals surface area contributed by atoms with E-state index in [1.807, 2.05) is 242 Å². The minimum Gasteiger partial charge on any atom is -0.395 e. The normalized spacial score (nSPS) is 22.3. The van der Waals surface area contributed by atoms with Crippen LogP contribution in [0.3, 0.4) is 0 Å². The molecule has 11 aromatic carbocycles. The predicted octanol–water partition coefficient (Wildman–Crippen LogP) is 16.6. The van der Waals surface area contributed by atoms with E-state index in [-0.39, 0.29) is 123 Å². The Morgan fingerprint density at radius 3 is 0.836 bits per heavy atom. The molecule has 8 N–H and O–H groups in total. The van der Waals surface area contributed by atoms with E-state index >= 15 is 0 Å². The summed E-state index contributed by atoms with van der Waals surface area (Å²) in [6.45, 7) is 15.3. The number of para-hydroxylation sites is 1. The molecule has 8 saturated heterocycles.